The Hall–Kier alpha value is -2.86. The molecule has 1 aromatic heterocycles. The number of nitrogens with zero attached hydrogens (tertiary/aromatic N) is 2. The van der Waals surface area contributed by atoms with E-state index in [4.69, 9.17) is 21.1 Å². The highest BCUT2D eigenvalue weighted by Crippen LogP contribution is 2.17. The summed E-state index contributed by atoms with van der Waals surface area (Å²) in [5, 5.41) is 1.16. The summed E-state index contributed by atoms with van der Waals surface area (Å²) < 4.78 is 12.6. The minimum atomic E-state index is -0.469. The highest BCUT2D eigenvalue weighted by Gasteiger charge is 2.15. The van der Waals surface area contributed by atoms with Crippen LogP contribution in [0.4, 0.5) is 0 Å². The molecular formula is C22H21ClN2O4. The summed E-state index contributed by atoms with van der Waals surface area (Å²) >= 11 is 5.83. The van der Waals surface area contributed by atoms with Gasteiger partial charge in [0.2, 0.25) is 0 Å². The van der Waals surface area contributed by atoms with Gasteiger partial charge in [0.1, 0.15) is 24.8 Å². The highest BCUT2D eigenvalue weighted by atomic mass is 35.5. The average Bonchev–Trinajstić information content (AvgIpc) is 2.98. The number of hydrogen-bond acceptors (Lipinski definition) is 5. The maximum absolute atomic E-state index is 12.8. The summed E-state index contributed by atoms with van der Waals surface area (Å²) in [5.74, 6) is 0.979. The monoisotopic (exact) mass is 412 g/mol. The fraction of sp³-hybridized carbons (Fsp3) is 0.318. The number of aromatic nitrogens is 2. The van der Waals surface area contributed by atoms with E-state index in [1.165, 1.54) is 0 Å². The lowest BCUT2D eigenvalue weighted by molar-refractivity contribution is 0.0450. The molecule has 0 spiro atoms. The maximum atomic E-state index is 12.8. The Bertz CT molecular complexity index is 1090. The molecule has 4 rings (SSSR count). The smallest absolute Gasteiger partial charge is 0.338 e. The van der Waals surface area contributed by atoms with Crippen molar-refractivity contribution in [3.63, 3.8) is 0 Å². The summed E-state index contributed by atoms with van der Waals surface area (Å²) in [7, 11) is 0. The van der Waals surface area contributed by atoms with E-state index in [2.05, 4.69) is 4.98 Å². The van der Waals surface area contributed by atoms with Crippen molar-refractivity contribution < 1.29 is 14.3 Å². The van der Waals surface area contributed by atoms with Gasteiger partial charge in [-0.1, -0.05) is 18.0 Å². The predicted octanol–water partition coefficient (Wildman–Crippen LogP) is 4.01. The van der Waals surface area contributed by atoms with Gasteiger partial charge in [-0.15, -0.1) is 0 Å². The normalized spacial score (nSPS) is 13.6. The van der Waals surface area contributed by atoms with Crippen molar-refractivity contribution in [2.45, 2.75) is 32.2 Å². The summed E-state index contributed by atoms with van der Waals surface area (Å²) in [5.41, 5.74) is 0.868. The van der Waals surface area contributed by atoms with Crippen LogP contribution in [0.1, 0.15) is 35.4 Å². The van der Waals surface area contributed by atoms with Gasteiger partial charge in [0.05, 0.1) is 16.5 Å². The largest absolute Gasteiger partial charge is 0.490 e. The highest BCUT2D eigenvalue weighted by molar-refractivity contribution is 6.30. The van der Waals surface area contributed by atoms with Crippen molar-refractivity contribution in [1.82, 2.24) is 9.55 Å². The van der Waals surface area contributed by atoms with Crippen LogP contribution in [0.2, 0.25) is 5.02 Å². The van der Waals surface area contributed by atoms with Gasteiger partial charge in [0, 0.05) is 18.0 Å². The number of ether oxygens (including phenoxy) is 2. The Balaban J connectivity index is 1.43. The third-order valence-corrected chi connectivity index (χ3v) is 5.20. The second-order valence-electron chi connectivity index (χ2n) is 6.97. The van der Waals surface area contributed by atoms with Crippen molar-refractivity contribution in [3.05, 3.63) is 69.2 Å². The lowest BCUT2D eigenvalue weighted by Crippen LogP contribution is -2.24. The van der Waals surface area contributed by atoms with Crippen LogP contribution in [0.3, 0.4) is 0 Å². The third-order valence-electron chi connectivity index (χ3n) is 4.95. The molecule has 0 N–H and O–H groups in total. The number of rotatable bonds is 5. The molecule has 1 aliphatic heterocycles. The van der Waals surface area contributed by atoms with Crippen LogP contribution in [-0.4, -0.2) is 28.7 Å². The molecule has 150 valence electrons. The van der Waals surface area contributed by atoms with Crippen LogP contribution >= 0.6 is 11.6 Å². The predicted molar refractivity (Wildman–Crippen MR) is 111 cm³/mol. The van der Waals surface area contributed by atoms with E-state index in [1.807, 2.05) is 0 Å². The first-order chi connectivity index (χ1) is 14.1. The van der Waals surface area contributed by atoms with Crippen LogP contribution in [0.5, 0.6) is 5.75 Å². The topological polar surface area (TPSA) is 70.4 Å². The molecule has 0 saturated carbocycles. The van der Waals surface area contributed by atoms with Gasteiger partial charge in [0.15, 0.2) is 0 Å². The molecule has 2 heterocycles. The fourth-order valence-corrected chi connectivity index (χ4v) is 3.58. The van der Waals surface area contributed by atoms with Gasteiger partial charge < -0.3 is 9.47 Å². The van der Waals surface area contributed by atoms with Crippen molar-refractivity contribution in [2.24, 2.45) is 0 Å². The van der Waals surface area contributed by atoms with Crippen LogP contribution < -0.4 is 10.3 Å². The second kappa shape index (κ2) is 8.66. The van der Waals surface area contributed by atoms with E-state index in [0.717, 1.165) is 31.5 Å². The minimum Gasteiger partial charge on any atom is -0.490 e. The van der Waals surface area contributed by atoms with Crippen molar-refractivity contribution in [2.75, 3.05) is 13.2 Å². The fourth-order valence-electron chi connectivity index (χ4n) is 3.45. The van der Waals surface area contributed by atoms with Gasteiger partial charge in [-0.05, 0) is 55.3 Å². The van der Waals surface area contributed by atoms with Crippen molar-refractivity contribution >= 4 is 28.5 Å². The zero-order valence-corrected chi connectivity index (χ0v) is 16.7. The van der Waals surface area contributed by atoms with Crippen molar-refractivity contribution in [1.29, 1.82) is 0 Å². The zero-order valence-electron chi connectivity index (χ0n) is 15.9. The molecule has 0 amide bonds. The van der Waals surface area contributed by atoms with E-state index in [1.54, 1.807) is 47.0 Å². The molecule has 29 heavy (non-hydrogen) atoms. The minimum absolute atomic E-state index is 0.0387. The Morgan fingerprint density at radius 1 is 1.07 bits per heavy atom. The SMILES string of the molecule is O=C(OCCOc1ccc(Cl)cc1)c1ccc2c(=O)n3c(nc2c1)CCCCC3. The number of carbonyl (C=O) groups is 1. The average molecular weight is 413 g/mol. The lowest BCUT2D eigenvalue weighted by atomic mass is 10.1. The molecule has 0 unspecified atom stereocenters. The quantitative estimate of drug-likeness (QED) is 0.467. The molecule has 0 atom stereocenters. The Labute approximate surface area is 173 Å². The number of fused-ring (bicyclic) bond motifs is 2. The summed E-state index contributed by atoms with van der Waals surface area (Å²) in [6.45, 7) is 1.04. The summed E-state index contributed by atoms with van der Waals surface area (Å²) in [6.07, 6.45) is 3.88. The number of hydrogen-bond donors (Lipinski definition) is 0. The van der Waals surface area contributed by atoms with E-state index in [0.29, 0.717) is 33.8 Å². The first-order valence-corrected chi connectivity index (χ1v) is 10.1. The Morgan fingerprint density at radius 3 is 2.72 bits per heavy atom. The molecule has 0 bridgehead atoms. The number of benzene rings is 2. The molecular weight excluding hydrogens is 392 g/mol. The number of esters is 1. The van der Waals surface area contributed by atoms with E-state index in [-0.39, 0.29) is 18.8 Å². The Morgan fingerprint density at radius 2 is 1.90 bits per heavy atom. The maximum Gasteiger partial charge on any atom is 0.338 e. The van der Waals surface area contributed by atoms with Crippen molar-refractivity contribution in [3.8, 4) is 5.75 Å². The van der Waals surface area contributed by atoms with Crippen LogP contribution in [0, 0.1) is 0 Å². The zero-order chi connectivity index (χ0) is 20.2. The first kappa shape index (κ1) is 19.5. The Kier molecular flexibility index (Phi) is 5.81. The first-order valence-electron chi connectivity index (χ1n) is 9.71. The van der Waals surface area contributed by atoms with Gasteiger partial charge in [-0.3, -0.25) is 9.36 Å². The summed E-state index contributed by atoms with van der Waals surface area (Å²) in [4.78, 5) is 29.8. The number of aryl methyl sites for hydroxylation is 1. The molecule has 0 radical (unpaired) electrons. The van der Waals surface area contributed by atoms with Gasteiger partial charge in [-0.25, -0.2) is 9.78 Å². The second-order valence-corrected chi connectivity index (χ2v) is 7.40. The molecule has 2 aromatic carbocycles. The standard InChI is InChI=1S/C22H21ClN2O4/c23-16-6-8-17(9-7-16)28-12-13-29-22(27)15-5-10-18-19(14-15)24-20-4-2-1-3-11-25(20)21(18)26/h5-10,14H,1-4,11-13H2. The molecule has 0 fully saturated rings. The summed E-state index contributed by atoms with van der Waals surface area (Å²) in [6, 6.07) is 11.9. The van der Waals surface area contributed by atoms with Gasteiger partial charge in [0.25, 0.3) is 5.56 Å². The van der Waals surface area contributed by atoms with Gasteiger partial charge >= 0.3 is 5.97 Å². The van der Waals surface area contributed by atoms with E-state index < -0.39 is 5.97 Å². The lowest BCUT2D eigenvalue weighted by Gasteiger charge is -2.11. The molecule has 1 aliphatic rings. The molecule has 0 aliphatic carbocycles. The molecule has 7 heteroatoms. The van der Waals surface area contributed by atoms with E-state index in [9.17, 15) is 9.59 Å². The van der Waals surface area contributed by atoms with Crippen LogP contribution in [0.25, 0.3) is 10.9 Å². The van der Waals surface area contributed by atoms with E-state index >= 15 is 0 Å². The number of halogens is 1. The van der Waals surface area contributed by atoms with Crippen LogP contribution in [0.15, 0.2) is 47.3 Å². The molecule has 0 saturated heterocycles. The molecule has 6 nitrogen and oxygen atoms in total. The molecule has 3 aromatic rings. The van der Waals surface area contributed by atoms with Crippen LogP contribution in [-0.2, 0) is 17.7 Å². The number of carbonyl (C=O) groups excluding carboxylic acids is 1. The third kappa shape index (κ3) is 4.43. The van der Waals surface area contributed by atoms with Gasteiger partial charge in [-0.2, -0.15) is 0 Å².